The molecule has 3 aromatic rings. The molecule has 0 aliphatic carbocycles. The molecule has 0 radical (unpaired) electrons. The minimum absolute atomic E-state index is 0. The standard InChI is InChI=1S/C32H39N2O2.ClH/c1-2-34(22-19-28(20-23-34)27-13-7-4-8-14-27)21-10-24-36-31-16-9-15-30-29(31)17-18-32(35)33(30)25-26-11-5-3-6-12-26;/h3-9,11-16,28H,2,10,17-25H2,1H3;1H/q+1;/p-1. The molecule has 5 rings (SSSR count). The van der Waals surface area contributed by atoms with Crippen molar-refractivity contribution in [2.45, 2.75) is 51.5 Å². The van der Waals surface area contributed by atoms with Crippen molar-refractivity contribution in [1.29, 1.82) is 0 Å². The molecule has 0 atom stereocenters. The van der Waals surface area contributed by atoms with Crippen molar-refractivity contribution in [2.75, 3.05) is 37.7 Å². The number of quaternary nitrogens is 1. The fourth-order valence-corrected chi connectivity index (χ4v) is 6.09. The van der Waals surface area contributed by atoms with Crippen LogP contribution in [0.3, 0.4) is 0 Å². The number of hydrogen-bond acceptors (Lipinski definition) is 2. The maximum Gasteiger partial charge on any atom is 0.227 e. The van der Waals surface area contributed by atoms with Gasteiger partial charge in [-0.2, -0.15) is 0 Å². The molecule has 0 spiro atoms. The summed E-state index contributed by atoms with van der Waals surface area (Å²) in [4.78, 5) is 14.7. The second kappa shape index (κ2) is 12.6. The molecule has 0 aromatic heterocycles. The Morgan fingerprint density at radius 1 is 0.892 bits per heavy atom. The van der Waals surface area contributed by atoms with E-state index in [9.17, 15) is 4.79 Å². The van der Waals surface area contributed by atoms with E-state index in [1.807, 2.05) is 29.2 Å². The number of carbonyl (C=O) groups is 1. The van der Waals surface area contributed by atoms with Crippen LogP contribution >= 0.6 is 0 Å². The van der Waals surface area contributed by atoms with Gasteiger partial charge in [-0.15, -0.1) is 0 Å². The van der Waals surface area contributed by atoms with Crippen LogP contribution in [0.25, 0.3) is 0 Å². The zero-order valence-corrected chi connectivity index (χ0v) is 22.7. The fraction of sp³-hybridized carbons (Fsp3) is 0.406. The number of carbonyl (C=O) groups excluding carboxylic acids is 1. The normalized spacial score (nSPS) is 21.2. The average Bonchev–Trinajstić information content (AvgIpc) is 2.94. The van der Waals surface area contributed by atoms with Gasteiger partial charge in [-0.05, 0) is 42.5 Å². The van der Waals surface area contributed by atoms with Gasteiger partial charge in [0, 0.05) is 31.2 Å². The Labute approximate surface area is 228 Å². The summed E-state index contributed by atoms with van der Waals surface area (Å²) >= 11 is 0. The number of nitrogens with zero attached hydrogens (tertiary/aromatic N) is 2. The van der Waals surface area contributed by atoms with Gasteiger partial charge < -0.3 is 26.5 Å². The number of hydrogen-bond donors (Lipinski definition) is 0. The van der Waals surface area contributed by atoms with E-state index in [4.69, 9.17) is 4.74 Å². The van der Waals surface area contributed by atoms with Crippen LogP contribution in [0.2, 0.25) is 0 Å². The fourth-order valence-electron chi connectivity index (χ4n) is 6.09. The Hall–Kier alpha value is -2.82. The van der Waals surface area contributed by atoms with Crippen LogP contribution < -0.4 is 22.0 Å². The molecule has 2 heterocycles. The van der Waals surface area contributed by atoms with Gasteiger partial charge in [0.05, 0.1) is 45.0 Å². The molecule has 4 nitrogen and oxygen atoms in total. The lowest BCUT2D eigenvalue weighted by Gasteiger charge is -2.43. The Balaban J connectivity index is 0.00000320. The third kappa shape index (κ3) is 6.37. The smallest absolute Gasteiger partial charge is 0.227 e. The lowest BCUT2D eigenvalue weighted by Crippen LogP contribution is -3.00. The van der Waals surface area contributed by atoms with Crippen molar-refractivity contribution in [3.8, 4) is 5.75 Å². The number of anilines is 1. The summed E-state index contributed by atoms with van der Waals surface area (Å²) in [5.41, 5.74) is 4.83. The highest BCUT2D eigenvalue weighted by molar-refractivity contribution is 5.96. The number of amides is 1. The highest BCUT2D eigenvalue weighted by Crippen LogP contribution is 2.36. The van der Waals surface area contributed by atoms with Gasteiger partial charge in [0.2, 0.25) is 5.91 Å². The van der Waals surface area contributed by atoms with Gasteiger partial charge in [-0.25, -0.2) is 0 Å². The first-order valence-electron chi connectivity index (χ1n) is 13.7. The average molecular weight is 519 g/mol. The lowest BCUT2D eigenvalue weighted by atomic mass is 9.88. The molecule has 5 heteroatoms. The molecule has 0 unspecified atom stereocenters. The van der Waals surface area contributed by atoms with E-state index in [1.54, 1.807) is 0 Å². The van der Waals surface area contributed by atoms with Gasteiger partial charge in [-0.1, -0.05) is 66.7 Å². The van der Waals surface area contributed by atoms with E-state index < -0.39 is 0 Å². The molecule has 2 aliphatic heterocycles. The number of halogens is 1. The summed E-state index contributed by atoms with van der Waals surface area (Å²) in [5.74, 6) is 1.85. The first-order valence-corrected chi connectivity index (χ1v) is 13.7. The number of ether oxygens (including phenoxy) is 1. The summed E-state index contributed by atoms with van der Waals surface area (Å²) < 4.78 is 7.57. The number of benzene rings is 3. The summed E-state index contributed by atoms with van der Waals surface area (Å²) in [6.07, 6.45) is 4.90. The van der Waals surface area contributed by atoms with Gasteiger partial charge in [0.1, 0.15) is 5.75 Å². The predicted molar refractivity (Wildman–Crippen MR) is 146 cm³/mol. The van der Waals surface area contributed by atoms with E-state index in [-0.39, 0.29) is 18.3 Å². The minimum Gasteiger partial charge on any atom is -1.00 e. The highest BCUT2D eigenvalue weighted by atomic mass is 35.5. The zero-order valence-electron chi connectivity index (χ0n) is 21.9. The van der Waals surface area contributed by atoms with Crippen molar-refractivity contribution in [3.05, 3.63) is 95.6 Å². The quantitative estimate of drug-likeness (QED) is 0.321. The molecule has 1 fully saturated rings. The molecular weight excluding hydrogens is 480 g/mol. The van der Waals surface area contributed by atoms with E-state index in [0.717, 1.165) is 36.4 Å². The maximum absolute atomic E-state index is 12.8. The largest absolute Gasteiger partial charge is 1.00 e. The van der Waals surface area contributed by atoms with E-state index in [1.165, 1.54) is 54.6 Å². The van der Waals surface area contributed by atoms with Crippen LogP contribution in [0.15, 0.2) is 78.9 Å². The zero-order chi connectivity index (χ0) is 24.8. The van der Waals surface area contributed by atoms with E-state index in [0.29, 0.717) is 18.9 Å². The third-order valence-electron chi connectivity index (χ3n) is 8.35. The molecule has 196 valence electrons. The highest BCUT2D eigenvalue weighted by Gasteiger charge is 2.33. The number of fused-ring (bicyclic) bond motifs is 1. The summed E-state index contributed by atoms with van der Waals surface area (Å²) in [6.45, 7) is 8.56. The molecule has 0 N–H and O–H groups in total. The monoisotopic (exact) mass is 518 g/mol. The van der Waals surface area contributed by atoms with Crippen LogP contribution in [-0.4, -0.2) is 43.2 Å². The SMILES string of the molecule is CC[N+]1(CCCOc2cccc3c2CCC(=O)N3Cc2ccccc2)CCC(c2ccccc2)CC1.[Cl-]. The number of piperidine rings is 1. The second-order valence-electron chi connectivity index (χ2n) is 10.4. The Morgan fingerprint density at radius 3 is 2.30 bits per heavy atom. The van der Waals surface area contributed by atoms with Gasteiger partial charge in [0.15, 0.2) is 0 Å². The van der Waals surface area contributed by atoms with Crippen molar-refractivity contribution in [2.24, 2.45) is 0 Å². The minimum atomic E-state index is 0. The molecule has 1 amide bonds. The van der Waals surface area contributed by atoms with Gasteiger partial charge in [-0.3, -0.25) is 4.79 Å². The van der Waals surface area contributed by atoms with Crippen molar-refractivity contribution >= 4 is 11.6 Å². The Kier molecular flexibility index (Phi) is 9.28. The number of rotatable bonds is 9. The second-order valence-corrected chi connectivity index (χ2v) is 10.4. The van der Waals surface area contributed by atoms with Crippen LogP contribution in [-0.2, 0) is 17.8 Å². The third-order valence-corrected chi connectivity index (χ3v) is 8.35. The predicted octanol–water partition coefficient (Wildman–Crippen LogP) is 3.35. The summed E-state index contributed by atoms with van der Waals surface area (Å²) in [7, 11) is 0. The molecule has 0 bridgehead atoms. The molecule has 1 saturated heterocycles. The topological polar surface area (TPSA) is 29.5 Å². The van der Waals surface area contributed by atoms with Gasteiger partial charge >= 0.3 is 0 Å². The van der Waals surface area contributed by atoms with E-state index in [2.05, 4.69) is 61.5 Å². The number of likely N-dealkylation sites (tertiary alicyclic amines) is 1. The van der Waals surface area contributed by atoms with Crippen LogP contribution in [0.5, 0.6) is 5.75 Å². The Morgan fingerprint density at radius 2 is 1.59 bits per heavy atom. The summed E-state index contributed by atoms with van der Waals surface area (Å²) in [6, 6.07) is 27.4. The maximum atomic E-state index is 12.8. The first-order chi connectivity index (χ1) is 17.7. The molecule has 37 heavy (non-hydrogen) atoms. The lowest BCUT2D eigenvalue weighted by molar-refractivity contribution is -0.931. The van der Waals surface area contributed by atoms with Crippen molar-refractivity contribution in [1.82, 2.24) is 0 Å². The molecule has 2 aliphatic rings. The van der Waals surface area contributed by atoms with Gasteiger partial charge in [0.25, 0.3) is 0 Å². The van der Waals surface area contributed by atoms with Crippen molar-refractivity contribution in [3.63, 3.8) is 0 Å². The molecule has 0 saturated carbocycles. The van der Waals surface area contributed by atoms with Crippen LogP contribution in [0.1, 0.15) is 55.2 Å². The van der Waals surface area contributed by atoms with Crippen LogP contribution in [0.4, 0.5) is 5.69 Å². The summed E-state index contributed by atoms with van der Waals surface area (Å²) in [5, 5.41) is 0. The van der Waals surface area contributed by atoms with Crippen LogP contribution in [0, 0.1) is 0 Å². The Bertz CT molecular complexity index is 1140. The van der Waals surface area contributed by atoms with Crippen molar-refractivity contribution < 1.29 is 26.4 Å². The molecular formula is C32H39ClN2O2. The first kappa shape index (κ1) is 27.2. The van der Waals surface area contributed by atoms with E-state index >= 15 is 0 Å². The molecule has 3 aromatic carbocycles.